The predicted octanol–water partition coefficient (Wildman–Crippen LogP) is 2.09. The highest BCUT2D eigenvalue weighted by Gasteiger charge is 2.31. The number of nitrogens with zero attached hydrogens (tertiary/aromatic N) is 2. The van der Waals surface area contributed by atoms with E-state index in [1.165, 1.54) is 5.69 Å². The Bertz CT molecular complexity index is 634. The van der Waals surface area contributed by atoms with Gasteiger partial charge in [0, 0.05) is 43.2 Å². The smallest absolute Gasteiger partial charge is 0.191 e. The van der Waals surface area contributed by atoms with E-state index in [9.17, 15) is 5.11 Å². The van der Waals surface area contributed by atoms with E-state index < -0.39 is 5.60 Å². The lowest BCUT2D eigenvalue weighted by Crippen LogP contribution is -2.51. The number of guanidine groups is 1. The van der Waals surface area contributed by atoms with Crippen molar-refractivity contribution in [2.75, 3.05) is 49.7 Å². The molecule has 0 aliphatic carbocycles. The Morgan fingerprint density at radius 1 is 1.48 bits per heavy atom. The Labute approximate surface area is 166 Å². The van der Waals surface area contributed by atoms with Gasteiger partial charge in [-0.1, -0.05) is 6.07 Å². The average molecular weight is 393 g/mol. The molecule has 27 heavy (non-hydrogen) atoms. The molecule has 2 atom stereocenters. The number of hydrogen-bond acceptors (Lipinski definition) is 5. The summed E-state index contributed by atoms with van der Waals surface area (Å²) >= 11 is 1.81. The van der Waals surface area contributed by atoms with E-state index in [1.54, 1.807) is 18.9 Å². The van der Waals surface area contributed by atoms with Crippen molar-refractivity contribution in [1.29, 1.82) is 0 Å². The summed E-state index contributed by atoms with van der Waals surface area (Å²) in [6.45, 7) is 5.32. The zero-order valence-corrected chi connectivity index (χ0v) is 17.2. The zero-order chi connectivity index (χ0) is 19.1. The fraction of sp³-hybridized carbons (Fsp3) is 0.650. The second kappa shape index (κ2) is 9.55. The summed E-state index contributed by atoms with van der Waals surface area (Å²) in [5, 5.41) is 17.5. The highest BCUT2D eigenvalue weighted by Crippen LogP contribution is 2.28. The number of thioether (sulfide) groups is 1. The second-order valence-corrected chi connectivity index (χ2v) is 8.46. The minimum atomic E-state index is -0.647. The molecule has 0 bridgehead atoms. The van der Waals surface area contributed by atoms with E-state index >= 15 is 0 Å². The first-order chi connectivity index (χ1) is 13.1. The van der Waals surface area contributed by atoms with E-state index in [0.717, 1.165) is 62.1 Å². The third-order valence-corrected chi connectivity index (χ3v) is 6.37. The molecular formula is C20H32N4O2S. The Morgan fingerprint density at radius 3 is 3.11 bits per heavy atom. The lowest BCUT2D eigenvalue weighted by atomic mass is 10.0. The van der Waals surface area contributed by atoms with Gasteiger partial charge in [-0.05, 0) is 44.1 Å². The molecule has 2 aliphatic heterocycles. The quantitative estimate of drug-likeness (QED) is 0.509. The largest absolute Gasteiger partial charge is 0.497 e. The maximum absolute atomic E-state index is 10.6. The van der Waals surface area contributed by atoms with Crippen LogP contribution in [0.1, 0.15) is 26.2 Å². The molecule has 3 N–H and O–H groups in total. The van der Waals surface area contributed by atoms with Gasteiger partial charge in [0.2, 0.25) is 0 Å². The van der Waals surface area contributed by atoms with Gasteiger partial charge in [0.1, 0.15) is 5.75 Å². The Morgan fingerprint density at radius 2 is 2.37 bits per heavy atom. The van der Waals surface area contributed by atoms with Crippen LogP contribution in [0.3, 0.4) is 0 Å². The molecule has 6 nitrogen and oxygen atoms in total. The first-order valence-corrected chi connectivity index (χ1v) is 11.0. The van der Waals surface area contributed by atoms with Crippen molar-refractivity contribution in [2.45, 2.75) is 37.8 Å². The molecular weight excluding hydrogens is 360 g/mol. The number of aliphatic hydroxyl groups is 1. The zero-order valence-electron chi connectivity index (χ0n) is 16.4. The summed E-state index contributed by atoms with van der Waals surface area (Å²) in [7, 11) is 1.70. The second-order valence-electron chi connectivity index (χ2n) is 7.35. The van der Waals surface area contributed by atoms with Crippen molar-refractivity contribution in [1.82, 2.24) is 10.6 Å². The van der Waals surface area contributed by atoms with Crippen LogP contribution in [0.25, 0.3) is 0 Å². The molecule has 2 fully saturated rings. The van der Waals surface area contributed by atoms with E-state index in [1.807, 2.05) is 12.1 Å². The van der Waals surface area contributed by atoms with Crippen molar-refractivity contribution in [3.63, 3.8) is 0 Å². The van der Waals surface area contributed by atoms with E-state index in [-0.39, 0.29) is 0 Å². The van der Waals surface area contributed by atoms with Crippen LogP contribution in [-0.2, 0) is 0 Å². The van der Waals surface area contributed by atoms with Crippen LogP contribution >= 0.6 is 11.8 Å². The highest BCUT2D eigenvalue weighted by molar-refractivity contribution is 7.99. The third-order valence-electron chi connectivity index (χ3n) is 5.14. The number of piperidine rings is 1. The maximum Gasteiger partial charge on any atom is 0.191 e. The van der Waals surface area contributed by atoms with E-state index in [0.29, 0.717) is 12.6 Å². The Balaban J connectivity index is 1.61. The van der Waals surface area contributed by atoms with Crippen molar-refractivity contribution in [2.24, 2.45) is 4.99 Å². The van der Waals surface area contributed by atoms with Crippen LogP contribution in [0.15, 0.2) is 29.3 Å². The highest BCUT2D eigenvalue weighted by atomic mass is 32.2. The summed E-state index contributed by atoms with van der Waals surface area (Å²) in [6.07, 6.45) is 3.08. The van der Waals surface area contributed by atoms with Crippen LogP contribution in [0.5, 0.6) is 5.75 Å². The fourth-order valence-corrected chi connectivity index (χ4v) is 4.88. The summed E-state index contributed by atoms with van der Waals surface area (Å²) < 4.78 is 5.36. The van der Waals surface area contributed by atoms with Gasteiger partial charge in [-0.2, -0.15) is 11.8 Å². The SMILES string of the molecule is CCNC(=NCC1(O)CCSC1)NC1CCCN(c2cccc(OC)c2)C1. The standard InChI is InChI=1S/C20H32N4O2S/c1-3-21-19(22-14-20(25)9-11-27-15-20)23-16-6-5-10-24(13-16)17-7-4-8-18(12-17)26-2/h4,7-8,12,16,25H,3,5-6,9-11,13-15H2,1-2H3,(H2,21,22,23). The van der Waals surface area contributed by atoms with E-state index in [4.69, 9.17) is 4.74 Å². The molecule has 0 spiro atoms. The molecule has 2 unspecified atom stereocenters. The average Bonchev–Trinajstić information content (AvgIpc) is 3.13. The number of hydrogen-bond donors (Lipinski definition) is 3. The van der Waals surface area contributed by atoms with Crippen LogP contribution in [-0.4, -0.2) is 67.5 Å². The molecule has 7 heteroatoms. The van der Waals surface area contributed by atoms with Crippen LogP contribution in [0.4, 0.5) is 5.69 Å². The van der Waals surface area contributed by atoms with Crippen LogP contribution in [0.2, 0.25) is 0 Å². The topological polar surface area (TPSA) is 69.1 Å². The maximum atomic E-state index is 10.6. The number of anilines is 1. The van der Waals surface area contributed by atoms with Crippen molar-refractivity contribution in [3.8, 4) is 5.75 Å². The summed E-state index contributed by atoms with van der Waals surface area (Å²) in [5.74, 6) is 3.50. The molecule has 2 saturated heterocycles. The van der Waals surface area contributed by atoms with Gasteiger partial charge >= 0.3 is 0 Å². The van der Waals surface area contributed by atoms with E-state index in [2.05, 4.69) is 39.6 Å². The number of ether oxygens (including phenoxy) is 1. The van der Waals surface area contributed by atoms with Crippen LogP contribution in [0, 0.1) is 0 Å². The molecule has 0 saturated carbocycles. The van der Waals surface area contributed by atoms with Crippen molar-refractivity contribution < 1.29 is 9.84 Å². The van der Waals surface area contributed by atoms with Crippen molar-refractivity contribution in [3.05, 3.63) is 24.3 Å². The molecule has 150 valence electrons. The van der Waals surface area contributed by atoms with Crippen molar-refractivity contribution >= 4 is 23.4 Å². The minimum Gasteiger partial charge on any atom is -0.497 e. The molecule has 2 heterocycles. The molecule has 3 rings (SSSR count). The first kappa shape index (κ1) is 20.1. The number of rotatable bonds is 6. The summed E-state index contributed by atoms with van der Waals surface area (Å²) in [5.41, 5.74) is 0.548. The molecule has 0 radical (unpaired) electrons. The molecule has 0 amide bonds. The van der Waals surface area contributed by atoms with Gasteiger partial charge in [0.15, 0.2) is 5.96 Å². The predicted molar refractivity (Wildman–Crippen MR) is 114 cm³/mol. The first-order valence-electron chi connectivity index (χ1n) is 9.86. The number of aliphatic imine (C=N–C) groups is 1. The van der Waals surface area contributed by atoms with Gasteiger partial charge in [0.25, 0.3) is 0 Å². The summed E-state index contributed by atoms with van der Waals surface area (Å²) in [4.78, 5) is 7.08. The monoisotopic (exact) mass is 392 g/mol. The lowest BCUT2D eigenvalue weighted by Gasteiger charge is -2.35. The third kappa shape index (κ3) is 5.69. The molecule has 1 aromatic carbocycles. The summed E-state index contributed by atoms with van der Waals surface area (Å²) in [6, 6.07) is 8.57. The molecule has 2 aliphatic rings. The van der Waals surface area contributed by atoms with Crippen LogP contribution < -0.4 is 20.3 Å². The number of benzene rings is 1. The molecule has 0 aromatic heterocycles. The Hall–Kier alpha value is -1.60. The fourth-order valence-electron chi connectivity index (χ4n) is 3.60. The van der Waals surface area contributed by atoms with Gasteiger partial charge in [0.05, 0.1) is 19.3 Å². The lowest BCUT2D eigenvalue weighted by molar-refractivity contribution is 0.0778. The van der Waals surface area contributed by atoms with Gasteiger partial charge in [-0.15, -0.1) is 0 Å². The van der Waals surface area contributed by atoms with Gasteiger partial charge < -0.3 is 25.4 Å². The minimum absolute atomic E-state index is 0.329. The van der Waals surface area contributed by atoms with Gasteiger partial charge in [-0.3, -0.25) is 4.99 Å². The number of methoxy groups -OCH3 is 1. The van der Waals surface area contributed by atoms with Gasteiger partial charge in [-0.25, -0.2) is 0 Å². The molecule has 1 aromatic rings. The number of nitrogens with one attached hydrogen (secondary N) is 2. The Kier molecular flexibility index (Phi) is 7.13. The normalized spacial score (nSPS) is 26.1.